The summed E-state index contributed by atoms with van der Waals surface area (Å²) in [5.74, 6) is -2.36. The van der Waals surface area contributed by atoms with Crippen molar-refractivity contribution >= 4 is 23.9 Å². The van der Waals surface area contributed by atoms with E-state index in [1.807, 2.05) is 18.2 Å². The number of hydroxylamine groups is 2. The van der Waals surface area contributed by atoms with Crippen LogP contribution in [0.15, 0.2) is 128 Å². The molecular formula is C37H35NO10. The zero-order chi connectivity index (χ0) is 33.7. The third-order valence-electron chi connectivity index (χ3n) is 7.28. The van der Waals surface area contributed by atoms with Crippen LogP contribution in [-0.2, 0) is 33.3 Å². The van der Waals surface area contributed by atoms with E-state index in [-0.39, 0.29) is 17.5 Å². The molecule has 0 aliphatic carbocycles. The van der Waals surface area contributed by atoms with Crippen LogP contribution < -0.4 is 0 Å². The molecule has 2 heterocycles. The SMILES string of the molecule is C=C(CCCC(=O)O[C@H]1[C@@H](OC(=O)c2ccccc2)O[C@H](COC(=O)c2ccccc2)[C@H]1OC(=O)c1ccccc1)ON1C=CC=CC1. The highest BCUT2D eigenvalue weighted by Gasteiger charge is 2.52. The zero-order valence-corrected chi connectivity index (χ0v) is 26.1. The molecule has 0 radical (unpaired) electrons. The second-order valence-corrected chi connectivity index (χ2v) is 10.8. The van der Waals surface area contributed by atoms with Gasteiger partial charge >= 0.3 is 23.9 Å². The predicted molar refractivity (Wildman–Crippen MR) is 172 cm³/mol. The minimum absolute atomic E-state index is 0.0546. The van der Waals surface area contributed by atoms with Crippen LogP contribution >= 0.6 is 0 Å². The van der Waals surface area contributed by atoms with Gasteiger partial charge in [-0.15, -0.1) is 0 Å². The lowest BCUT2D eigenvalue weighted by atomic mass is 10.1. The second-order valence-electron chi connectivity index (χ2n) is 10.8. The highest BCUT2D eigenvalue weighted by atomic mass is 16.8. The number of carbonyl (C=O) groups is 4. The van der Waals surface area contributed by atoms with Crippen molar-refractivity contribution in [3.63, 3.8) is 0 Å². The summed E-state index contributed by atoms with van der Waals surface area (Å²) >= 11 is 0. The number of hydrogen-bond donors (Lipinski definition) is 0. The van der Waals surface area contributed by atoms with Gasteiger partial charge in [-0.3, -0.25) is 4.79 Å². The monoisotopic (exact) mass is 653 g/mol. The molecular weight excluding hydrogens is 618 g/mol. The number of ether oxygens (including phenoxy) is 5. The van der Waals surface area contributed by atoms with Crippen molar-refractivity contribution < 1.29 is 47.7 Å². The maximum absolute atomic E-state index is 13.2. The van der Waals surface area contributed by atoms with Crippen LogP contribution in [0, 0.1) is 0 Å². The van der Waals surface area contributed by atoms with Gasteiger partial charge in [-0.05, 0) is 48.9 Å². The van der Waals surface area contributed by atoms with E-state index < -0.39 is 55.1 Å². The highest BCUT2D eigenvalue weighted by Crippen LogP contribution is 2.30. The van der Waals surface area contributed by atoms with Gasteiger partial charge in [0.2, 0.25) is 12.4 Å². The van der Waals surface area contributed by atoms with Gasteiger partial charge in [0, 0.05) is 19.0 Å². The van der Waals surface area contributed by atoms with Crippen molar-refractivity contribution in [3.05, 3.63) is 144 Å². The fraction of sp³-hybridized carbons (Fsp3) is 0.243. The summed E-state index contributed by atoms with van der Waals surface area (Å²) in [6.45, 7) is 4.08. The molecule has 0 saturated carbocycles. The Hall–Kier alpha value is -5.68. The Labute approximate surface area is 277 Å². The number of rotatable bonds is 14. The Morgan fingerprint density at radius 3 is 1.88 bits per heavy atom. The largest absolute Gasteiger partial charge is 0.459 e. The van der Waals surface area contributed by atoms with Crippen molar-refractivity contribution in [1.82, 2.24) is 5.06 Å². The molecule has 5 rings (SSSR count). The van der Waals surface area contributed by atoms with Gasteiger partial charge in [-0.1, -0.05) is 73.3 Å². The van der Waals surface area contributed by atoms with Crippen molar-refractivity contribution in [2.75, 3.05) is 13.2 Å². The molecule has 0 amide bonds. The van der Waals surface area contributed by atoms with Crippen LogP contribution in [0.2, 0.25) is 0 Å². The Bertz CT molecular complexity index is 1620. The van der Waals surface area contributed by atoms with E-state index >= 15 is 0 Å². The molecule has 3 aromatic rings. The van der Waals surface area contributed by atoms with E-state index in [2.05, 4.69) is 6.58 Å². The third-order valence-corrected chi connectivity index (χ3v) is 7.28. The quantitative estimate of drug-likeness (QED) is 0.123. The molecule has 1 fully saturated rings. The normalized spacial score (nSPS) is 19.6. The maximum atomic E-state index is 13.2. The molecule has 2 aliphatic heterocycles. The van der Waals surface area contributed by atoms with Crippen LogP contribution in [0.5, 0.6) is 0 Å². The molecule has 0 spiro atoms. The van der Waals surface area contributed by atoms with Crippen LogP contribution in [0.4, 0.5) is 0 Å². The van der Waals surface area contributed by atoms with Crippen LogP contribution in [0.3, 0.4) is 0 Å². The van der Waals surface area contributed by atoms with E-state index in [0.29, 0.717) is 30.7 Å². The summed E-state index contributed by atoms with van der Waals surface area (Å²) in [6.07, 6.45) is 2.71. The fourth-order valence-corrected chi connectivity index (χ4v) is 4.89. The average Bonchev–Trinajstić information content (AvgIpc) is 3.42. The Kier molecular flexibility index (Phi) is 11.8. The number of carbonyl (C=O) groups excluding carboxylic acids is 4. The number of benzene rings is 3. The first-order chi connectivity index (χ1) is 23.4. The second kappa shape index (κ2) is 16.8. The van der Waals surface area contributed by atoms with E-state index in [1.165, 1.54) is 0 Å². The van der Waals surface area contributed by atoms with Crippen molar-refractivity contribution in [1.29, 1.82) is 0 Å². The molecule has 48 heavy (non-hydrogen) atoms. The molecule has 3 aromatic carbocycles. The van der Waals surface area contributed by atoms with Gasteiger partial charge in [0.1, 0.15) is 18.5 Å². The van der Waals surface area contributed by atoms with Gasteiger partial charge in [0.05, 0.1) is 23.2 Å². The van der Waals surface area contributed by atoms with Gasteiger partial charge in [0.25, 0.3) is 0 Å². The predicted octanol–water partition coefficient (Wildman–Crippen LogP) is 5.56. The molecule has 0 bridgehead atoms. The summed E-state index contributed by atoms with van der Waals surface area (Å²) in [5, 5.41) is 1.61. The molecule has 1 saturated heterocycles. The first-order valence-corrected chi connectivity index (χ1v) is 15.4. The summed E-state index contributed by atoms with van der Waals surface area (Å²) < 4.78 is 28.8. The molecule has 0 unspecified atom stereocenters. The highest BCUT2D eigenvalue weighted by molar-refractivity contribution is 5.90. The Morgan fingerprint density at radius 2 is 1.29 bits per heavy atom. The standard InChI is InChI=1S/C37H35NO10/c1-26(48-38-23-12-5-13-24-38)15-14-22-31(39)45-33-32(46-35(41)28-18-8-3-9-19-28)30(25-43-34(40)27-16-6-2-7-17-27)44-37(33)47-36(42)29-20-10-4-11-21-29/h2-13,16-21,23,30,32-33,37H,1,14-15,22,24-25H2/t30-,32-,33-,37-/m1/s1. The Morgan fingerprint density at radius 1 is 0.708 bits per heavy atom. The summed E-state index contributed by atoms with van der Waals surface area (Å²) in [6, 6.07) is 24.6. The van der Waals surface area contributed by atoms with Gasteiger partial charge in [-0.2, -0.15) is 0 Å². The van der Waals surface area contributed by atoms with Crippen molar-refractivity contribution in [2.45, 2.75) is 43.9 Å². The fourth-order valence-electron chi connectivity index (χ4n) is 4.89. The van der Waals surface area contributed by atoms with Gasteiger partial charge in [0.15, 0.2) is 6.10 Å². The molecule has 0 N–H and O–H groups in total. The minimum atomic E-state index is -1.49. The summed E-state index contributed by atoms with van der Waals surface area (Å²) in [5.41, 5.74) is 0.743. The molecule has 0 aromatic heterocycles. The number of allylic oxidation sites excluding steroid dienone is 3. The van der Waals surface area contributed by atoms with Gasteiger partial charge in [-0.25, -0.2) is 19.4 Å². The van der Waals surface area contributed by atoms with Crippen molar-refractivity contribution in [3.8, 4) is 0 Å². The molecule has 2 aliphatic rings. The lowest BCUT2D eigenvalue weighted by Crippen LogP contribution is -2.42. The lowest BCUT2D eigenvalue weighted by molar-refractivity contribution is -0.174. The molecule has 11 nitrogen and oxygen atoms in total. The smallest absolute Gasteiger partial charge is 0.340 e. The maximum Gasteiger partial charge on any atom is 0.340 e. The van der Waals surface area contributed by atoms with E-state index in [4.69, 9.17) is 28.5 Å². The molecule has 248 valence electrons. The zero-order valence-electron chi connectivity index (χ0n) is 26.1. The van der Waals surface area contributed by atoms with Crippen LogP contribution in [0.25, 0.3) is 0 Å². The van der Waals surface area contributed by atoms with Crippen LogP contribution in [-0.4, -0.2) is 66.7 Å². The topological polar surface area (TPSA) is 127 Å². The summed E-state index contributed by atoms with van der Waals surface area (Å²) in [7, 11) is 0. The molecule has 11 heteroatoms. The first-order valence-electron chi connectivity index (χ1n) is 15.4. The van der Waals surface area contributed by atoms with Crippen molar-refractivity contribution in [2.24, 2.45) is 0 Å². The lowest BCUT2D eigenvalue weighted by Gasteiger charge is -2.24. The number of nitrogens with zero attached hydrogens (tertiary/aromatic N) is 1. The average molecular weight is 654 g/mol. The van der Waals surface area contributed by atoms with E-state index in [9.17, 15) is 19.2 Å². The van der Waals surface area contributed by atoms with E-state index in [0.717, 1.165) is 0 Å². The van der Waals surface area contributed by atoms with Crippen LogP contribution in [0.1, 0.15) is 50.3 Å². The van der Waals surface area contributed by atoms with Gasteiger partial charge < -0.3 is 28.5 Å². The van der Waals surface area contributed by atoms with E-state index in [1.54, 1.807) is 102 Å². The number of esters is 4. The minimum Gasteiger partial charge on any atom is -0.459 e. The third kappa shape index (κ3) is 9.43. The first kappa shape index (κ1) is 33.7. The Balaban J connectivity index is 1.31. The molecule has 4 atom stereocenters. The summed E-state index contributed by atoms with van der Waals surface area (Å²) in [4.78, 5) is 57.9. The number of hydrogen-bond acceptors (Lipinski definition) is 11.